The van der Waals surface area contributed by atoms with E-state index in [2.05, 4.69) is 77.0 Å². The molecule has 0 bridgehead atoms. The maximum absolute atomic E-state index is 3.56. The van der Waals surface area contributed by atoms with Crippen LogP contribution in [0, 0.1) is 0 Å². The van der Waals surface area contributed by atoms with Crippen LogP contribution in [0.15, 0.2) is 30.3 Å². The molecule has 1 aliphatic rings. The van der Waals surface area contributed by atoms with Gasteiger partial charge in [0.25, 0.3) is 0 Å². The van der Waals surface area contributed by atoms with E-state index in [0.29, 0.717) is 4.05 Å². The molecular weight excluding hydrogens is 299 g/mol. The van der Waals surface area contributed by atoms with Crippen molar-refractivity contribution in [3.63, 3.8) is 0 Å². The molecule has 2 rings (SSSR count). The van der Waals surface area contributed by atoms with E-state index < -0.39 is 0 Å². The molecule has 0 saturated carbocycles. The highest BCUT2D eigenvalue weighted by Crippen LogP contribution is 2.29. The van der Waals surface area contributed by atoms with Crippen molar-refractivity contribution in [2.45, 2.75) is 23.4 Å². The van der Waals surface area contributed by atoms with Gasteiger partial charge in [-0.05, 0) is 26.0 Å². The molecule has 0 aromatic heterocycles. The highest BCUT2D eigenvalue weighted by molar-refractivity contribution is 14.1. The van der Waals surface area contributed by atoms with Gasteiger partial charge in [0.2, 0.25) is 0 Å². The van der Waals surface area contributed by atoms with Crippen molar-refractivity contribution >= 4 is 28.3 Å². The van der Waals surface area contributed by atoms with E-state index in [-0.39, 0.29) is 5.54 Å². The minimum atomic E-state index is 0.175. The van der Waals surface area contributed by atoms with E-state index >= 15 is 0 Å². The molecule has 3 heteroatoms. The zero-order chi connectivity index (χ0) is 10.9. The van der Waals surface area contributed by atoms with Crippen LogP contribution in [-0.2, 0) is 0 Å². The zero-order valence-electron chi connectivity index (χ0n) is 9.20. The lowest BCUT2D eigenvalue weighted by Gasteiger charge is -2.45. The molecule has 0 radical (unpaired) electrons. The van der Waals surface area contributed by atoms with Crippen molar-refractivity contribution < 1.29 is 0 Å². The number of benzene rings is 1. The molecule has 2 nitrogen and oxygen atoms in total. The average molecular weight is 316 g/mol. The Morgan fingerprint density at radius 1 is 1.33 bits per heavy atom. The number of nitrogens with zero attached hydrogens (tertiary/aromatic N) is 1. The van der Waals surface area contributed by atoms with Gasteiger partial charge in [0.15, 0.2) is 0 Å². The van der Waals surface area contributed by atoms with Crippen LogP contribution in [-0.4, -0.2) is 22.7 Å². The van der Waals surface area contributed by atoms with Crippen LogP contribution in [0.2, 0.25) is 0 Å². The molecule has 1 aromatic rings. The number of rotatable bonds is 1. The predicted octanol–water partition coefficient (Wildman–Crippen LogP) is 2.64. The fraction of sp³-hybridized carbons (Fsp3) is 0.500. The van der Waals surface area contributed by atoms with Crippen molar-refractivity contribution in [2.75, 3.05) is 18.0 Å². The smallest absolute Gasteiger partial charge is 0.0985 e. The van der Waals surface area contributed by atoms with Crippen molar-refractivity contribution in [3.8, 4) is 0 Å². The first kappa shape index (κ1) is 11.2. The summed E-state index contributed by atoms with van der Waals surface area (Å²) in [6.45, 7) is 6.67. The van der Waals surface area contributed by atoms with Crippen LogP contribution < -0.4 is 10.2 Å². The molecule has 1 N–H and O–H groups in total. The Bertz CT molecular complexity index is 324. The molecule has 1 atom stereocenters. The van der Waals surface area contributed by atoms with Gasteiger partial charge in [-0.1, -0.05) is 40.8 Å². The van der Waals surface area contributed by atoms with Crippen molar-refractivity contribution in [1.29, 1.82) is 0 Å². The van der Waals surface area contributed by atoms with Gasteiger partial charge in [-0.2, -0.15) is 0 Å². The van der Waals surface area contributed by atoms with Gasteiger partial charge in [-0.15, -0.1) is 0 Å². The fourth-order valence-corrected chi connectivity index (χ4v) is 2.79. The second-order valence-corrected chi connectivity index (χ2v) is 5.69. The molecule has 1 saturated heterocycles. The first-order chi connectivity index (χ1) is 7.11. The molecule has 1 fully saturated rings. The number of anilines is 1. The Kier molecular flexibility index (Phi) is 3.21. The van der Waals surface area contributed by atoms with Gasteiger partial charge in [0, 0.05) is 24.3 Å². The lowest BCUT2D eigenvalue weighted by molar-refractivity contribution is 0.341. The number of para-hydroxylation sites is 1. The topological polar surface area (TPSA) is 15.3 Å². The second-order valence-electron chi connectivity index (χ2n) is 4.51. The minimum Gasteiger partial charge on any atom is -0.357 e. The summed E-state index contributed by atoms with van der Waals surface area (Å²) in [5.74, 6) is 0. The number of halogens is 1. The summed E-state index contributed by atoms with van der Waals surface area (Å²) in [6, 6.07) is 10.7. The maximum Gasteiger partial charge on any atom is 0.0985 e. The van der Waals surface area contributed by atoms with Crippen molar-refractivity contribution in [3.05, 3.63) is 30.3 Å². The number of hydrogen-bond acceptors (Lipinski definition) is 2. The maximum atomic E-state index is 3.56. The number of hydrogen-bond donors (Lipinski definition) is 1. The molecule has 1 aromatic carbocycles. The summed E-state index contributed by atoms with van der Waals surface area (Å²) < 4.78 is 0.492. The van der Waals surface area contributed by atoms with Crippen molar-refractivity contribution in [2.24, 2.45) is 0 Å². The molecular formula is C12H17IN2. The third-order valence-electron chi connectivity index (χ3n) is 2.89. The standard InChI is InChI=1S/C12H17IN2/c1-12(2)11(13)15(9-8-14-12)10-6-4-3-5-7-10/h3-7,11,14H,8-9H2,1-2H3. The third-order valence-corrected chi connectivity index (χ3v) is 5.12. The lowest BCUT2D eigenvalue weighted by atomic mass is 10.0. The predicted molar refractivity (Wildman–Crippen MR) is 73.7 cm³/mol. The number of piperazine rings is 1. The van der Waals surface area contributed by atoms with Gasteiger partial charge in [-0.3, -0.25) is 0 Å². The van der Waals surface area contributed by atoms with Crippen LogP contribution in [0.1, 0.15) is 13.8 Å². The molecule has 0 aliphatic carbocycles. The lowest BCUT2D eigenvalue weighted by Crippen LogP contribution is -2.61. The Morgan fingerprint density at radius 2 is 2.00 bits per heavy atom. The summed E-state index contributed by atoms with van der Waals surface area (Å²) in [4.78, 5) is 2.47. The van der Waals surface area contributed by atoms with E-state index in [9.17, 15) is 0 Å². The van der Waals surface area contributed by atoms with Gasteiger partial charge < -0.3 is 10.2 Å². The molecule has 0 spiro atoms. The quantitative estimate of drug-likeness (QED) is 0.487. The largest absolute Gasteiger partial charge is 0.357 e. The Balaban J connectivity index is 2.23. The van der Waals surface area contributed by atoms with Crippen LogP contribution in [0.3, 0.4) is 0 Å². The highest BCUT2D eigenvalue weighted by Gasteiger charge is 2.35. The molecule has 82 valence electrons. The van der Waals surface area contributed by atoms with Crippen LogP contribution in [0.4, 0.5) is 5.69 Å². The summed E-state index contributed by atoms with van der Waals surface area (Å²) in [6.07, 6.45) is 0. The SMILES string of the molecule is CC1(C)NCCN(c2ccccc2)C1I. The van der Waals surface area contributed by atoms with Crippen LogP contribution >= 0.6 is 22.6 Å². The molecule has 1 unspecified atom stereocenters. The van der Waals surface area contributed by atoms with Gasteiger partial charge in [0.05, 0.1) is 4.05 Å². The van der Waals surface area contributed by atoms with E-state index in [4.69, 9.17) is 0 Å². The van der Waals surface area contributed by atoms with Gasteiger partial charge >= 0.3 is 0 Å². The normalized spacial score (nSPS) is 25.3. The van der Waals surface area contributed by atoms with E-state index in [1.807, 2.05) is 0 Å². The Hall–Kier alpha value is -0.290. The zero-order valence-corrected chi connectivity index (χ0v) is 11.4. The van der Waals surface area contributed by atoms with Gasteiger partial charge in [0.1, 0.15) is 0 Å². The van der Waals surface area contributed by atoms with E-state index in [1.165, 1.54) is 5.69 Å². The van der Waals surface area contributed by atoms with Gasteiger partial charge in [-0.25, -0.2) is 0 Å². The highest BCUT2D eigenvalue weighted by atomic mass is 127. The molecule has 15 heavy (non-hydrogen) atoms. The average Bonchev–Trinajstić information content (AvgIpc) is 2.23. The van der Waals surface area contributed by atoms with E-state index in [1.54, 1.807) is 0 Å². The summed E-state index contributed by atoms with van der Waals surface area (Å²) in [7, 11) is 0. The summed E-state index contributed by atoms with van der Waals surface area (Å²) >= 11 is 2.53. The first-order valence-corrected chi connectivity index (χ1v) is 6.56. The van der Waals surface area contributed by atoms with Crippen molar-refractivity contribution in [1.82, 2.24) is 5.32 Å². The summed E-state index contributed by atoms with van der Waals surface area (Å²) in [5, 5.41) is 3.56. The van der Waals surface area contributed by atoms with Crippen LogP contribution in [0.25, 0.3) is 0 Å². The molecule has 1 heterocycles. The molecule has 1 aliphatic heterocycles. The monoisotopic (exact) mass is 316 g/mol. The first-order valence-electron chi connectivity index (χ1n) is 5.32. The number of alkyl halides is 1. The number of nitrogens with one attached hydrogen (secondary N) is 1. The minimum absolute atomic E-state index is 0.175. The van der Waals surface area contributed by atoms with E-state index in [0.717, 1.165) is 13.1 Å². The molecule has 0 amide bonds. The second kappa shape index (κ2) is 4.29. The Morgan fingerprint density at radius 3 is 2.67 bits per heavy atom. The summed E-state index contributed by atoms with van der Waals surface area (Å²) in [5.41, 5.74) is 1.50. The van der Waals surface area contributed by atoms with Crippen LogP contribution in [0.5, 0.6) is 0 Å². The fourth-order valence-electron chi connectivity index (χ4n) is 1.97. The third kappa shape index (κ3) is 2.28. The Labute approximate surface area is 105 Å².